The van der Waals surface area contributed by atoms with E-state index in [0.29, 0.717) is 45.1 Å². The molecule has 0 unspecified atom stereocenters. The van der Waals surface area contributed by atoms with Crippen LogP contribution < -0.4 is 10.1 Å². The van der Waals surface area contributed by atoms with Crippen molar-refractivity contribution in [2.45, 2.75) is 37.1 Å². The Bertz CT molecular complexity index is 1050. The van der Waals surface area contributed by atoms with Gasteiger partial charge in [-0.1, -0.05) is 12.1 Å². The lowest BCUT2D eigenvalue weighted by Crippen LogP contribution is -2.43. The first kappa shape index (κ1) is 24.6. The number of hydrogen-bond donors (Lipinski definition) is 1. The number of nitrogens with one attached hydrogen (secondary N) is 1. The van der Waals surface area contributed by atoms with Gasteiger partial charge in [0.05, 0.1) is 17.4 Å². The molecule has 34 heavy (non-hydrogen) atoms. The molecule has 2 fully saturated rings. The largest absolute Gasteiger partial charge is 0.492 e. The number of hydrogen-bond acceptors (Lipinski definition) is 5. The number of carbonyl (C=O) groups is 1. The molecule has 0 spiro atoms. The molecule has 0 saturated carbocycles. The molecule has 0 aromatic heterocycles. The van der Waals surface area contributed by atoms with Crippen molar-refractivity contribution in [1.82, 2.24) is 14.5 Å². The number of benzene rings is 2. The molecule has 2 saturated heterocycles. The third kappa shape index (κ3) is 6.34. The summed E-state index contributed by atoms with van der Waals surface area (Å²) in [6, 6.07) is 12.9. The summed E-state index contributed by atoms with van der Waals surface area (Å²) in [5, 5.41) is 2.94. The lowest BCUT2D eigenvalue weighted by atomic mass is 9.96. The highest BCUT2D eigenvalue weighted by molar-refractivity contribution is 7.89. The van der Waals surface area contributed by atoms with Crippen molar-refractivity contribution in [3.63, 3.8) is 0 Å². The second-order valence-corrected chi connectivity index (χ2v) is 10.9. The SMILES string of the molecule is O=C(NCCOc1ccc(S(=O)(=O)N2CCCC2)cc1)[C@H]1CCCN(Cc2ccc(F)cc2)C1. The molecule has 7 nitrogen and oxygen atoms in total. The Morgan fingerprint density at radius 1 is 1.00 bits per heavy atom. The number of halogens is 1. The second-order valence-electron chi connectivity index (χ2n) is 8.92. The molecule has 0 aliphatic carbocycles. The van der Waals surface area contributed by atoms with Gasteiger partial charge in [-0.3, -0.25) is 9.69 Å². The van der Waals surface area contributed by atoms with E-state index in [9.17, 15) is 17.6 Å². The van der Waals surface area contributed by atoms with Gasteiger partial charge in [-0.2, -0.15) is 4.31 Å². The Hall–Kier alpha value is -2.49. The highest BCUT2D eigenvalue weighted by Gasteiger charge is 2.27. The van der Waals surface area contributed by atoms with Crippen LogP contribution in [0.1, 0.15) is 31.2 Å². The van der Waals surface area contributed by atoms with E-state index >= 15 is 0 Å². The van der Waals surface area contributed by atoms with Gasteiger partial charge in [0.25, 0.3) is 0 Å². The second kappa shape index (κ2) is 11.3. The topological polar surface area (TPSA) is 78.9 Å². The van der Waals surface area contributed by atoms with Crippen LogP contribution in [0.3, 0.4) is 0 Å². The van der Waals surface area contributed by atoms with Gasteiger partial charge in [0, 0.05) is 26.2 Å². The van der Waals surface area contributed by atoms with Crippen molar-refractivity contribution < 1.29 is 22.3 Å². The van der Waals surface area contributed by atoms with Crippen LogP contribution in [0.15, 0.2) is 53.4 Å². The van der Waals surface area contributed by atoms with Gasteiger partial charge in [-0.15, -0.1) is 0 Å². The van der Waals surface area contributed by atoms with Gasteiger partial charge in [-0.05, 0) is 74.2 Å². The Kier molecular flexibility index (Phi) is 8.18. The van der Waals surface area contributed by atoms with E-state index in [-0.39, 0.29) is 22.5 Å². The van der Waals surface area contributed by atoms with Crippen molar-refractivity contribution >= 4 is 15.9 Å². The van der Waals surface area contributed by atoms with E-state index in [2.05, 4.69) is 10.2 Å². The van der Waals surface area contributed by atoms with Gasteiger partial charge >= 0.3 is 0 Å². The Labute approximate surface area is 200 Å². The summed E-state index contributed by atoms with van der Waals surface area (Å²) in [6.45, 7) is 4.13. The number of carbonyl (C=O) groups excluding carboxylic acids is 1. The van der Waals surface area contributed by atoms with Crippen LogP contribution in [0.2, 0.25) is 0 Å². The van der Waals surface area contributed by atoms with Crippen LogP contribution in [-0.4, -0.2) is 62.9 Å². The Balaban J connectivity index is 1.19. The molecule has 2 aliphatic rings. The van der Waals surface area contributed by atoms with Crippen molar-refractivity contribution in [3.05, 3.63) is 59.9 Å². The van der Waals surface area contributed by atoms with Gasteiger partial charge in [0.15, 0.2) is 0 Å². The fraction of sp³-hybridized carbons (Fsp3) is 0.480. The van der Waals surface area contributed by atoms with E-state index in [1.165, 1.54) is 16.4 Å². The zero-order valence-electron chi connectivity index (χ0n) is 19.3. The highest BCUT2D eigenvalue weighted by Crippen LogP contribution is 2.23. The van der Waals surface area contributed by atoms with Crippen molar-refractivity contribution in [3.8, 4) is 5.75 Å². The lowest BCUT2D eigenvalue weighted by molar-refractivity contribution is -0.126. The quantitative estimate of drug-likeness (QED) is 0.548. The summed E-state index contributed by atoms with van der Waals surface area (Å²) in [7, 11) is -3.43. The average Bonchev–Trinajstić information content (AvgIpc) is 3.40. The zero-order chi connectivity index (χ0) is 24.0. The summed E-state index contributed by atoms with van der Waals surface area (Å²) in [5.74, 6) is 0.256. The molecular formula is C25H32FN3O4S. The molecule has 1 N–H and O–H groups in total. The first-order valence-electron chi connectivity index (χ1n) is 11.9. The van der Waals surface area contributed by atoms with Crippen LogP contribution in [0, 0.1) is 11.7 Å². The van der Waals surface area contributed by atoms with Crippen LogP contribution in [0.25, 0.3) is 0 Å². The number of likely N-dealkylation sites (tertiary alicyclic amines) is 1. The monoisotopic (exact) mass is 489 g/mol. The number of sulfonamides is 1. The number of nitrogens with zero attached hydrogens (tertiary/aromatic N) is 2. The molecule has 2 aromatic rings. The molecule has 2 aromatic carbocycles. The van der Waals surface area contributed by atoms with E-state index in [1.807, 2.05) is 0 Å². The van der Waals surface area contributed by atoms with E-state index in [1.54, 1.807) is 36.4 Å². The zero-order valence-corrected chi connectivity index (χ0v) is 20.1. The standard InChI is InChI=1S/C25H32FN3O4S/c26-22-7-5-20(6-8-22)18-28-14-3-4-21(19-28)25(30)27-13-17-33-23-9-11-24(12-10-23)34(31,32)29-15-1-2-16-29/h5-12,21H,1-4,13-19H2,(H,27,30)/t21-/m0/s1. The fourth-order valence-electron chi connectivity index (χ4n) is 4.53. The van der Waals surface area contributed by atoms with Gasteiger partial charge in [0.2, 0.25) is 15.9 Å². The molecular weight excluding hydrogens is 457 g/mol. The number of amides is 1. The Morgan fingerprint density at radius 2 is 1.71 bits per heavy atom. The smallest absolute Gasteiger partial charge is 0.243 e. The predicted octanol–water partition coefficient (Wildman–Crippen LogP) is 3.02. The van der Waals surface area contributed by atoms with Crippen LogP contribution in [-0.2, 0) is 21.4 Å². The summed E-state index contributed by atoms with van der Waals surface area (Å²) in [4.78, 5) is 15.1. The molecule has 4 rings (SSSR count). The number of piperidine rings is 1. The van der Waals surface area contributed by atoms with E-state index < -0.39 is 10.0 Å². The fourth-order valence-corrected chi connectivity index (χ4v) is 6.05. The van der Waals surface area contributed by atoms with E-state index in [4.69, 9.17) is 4.74 Å². The van der Waals surface area contributed by atoms with Crippen molar-refractivity contribution in [2.75, 3.05) is 39.3 Å². The minimum absolute atomic E-state index is 0.0134. The maximum atomic E-state index is 13.1. The van der Waals surface area contributed by atoms with Crippen LogP contribution in [0.4, 0.5) is 4.39 Å². The molecule has 184 valence electrons. The summed E-state index contributed by atoms with van der Waals surface area (Å²) in [6.07, 6.45) is 3.60. The van der Waals surface area contributed by atoms with Crippen LogP contribution >= 0.6 is 0 Å². The number of ether oxygens (including phenoxy) is 1. The normalized spacial score (nSPS) is 19.7. The van der Waals surface area contributed by atoms with Gasteiger partial charge in [0.1, 0.15) is 18.2 Å². The van der Waals surface area contributed by atoms with E-state index in [0.717, 1.165) is 37.8 Å². The molecule has 1 atom stereocenters. The number of rotatable bonds is 9. The minimum Gasteiger partial charge on any atom is -0.492 e. The van der Waals surface area contributed by atoms with Crippen molar-refractivity contribution in [1.29, 1.82) is 0 Å². The summed E-state index contributed by atoms with van der Waals surface area (Å²) >= 11 is 0. The highest BCUT2D eigenvalue weighted by atomic mass is 32.2. The van der Waals surface area contributed by atoms with Crippen LogP contribution in [0.5, 0.6) is 5.75 Å². The third-order valence-electron chi connectivity index (χ3n) is 6.39. The molecule has 0 radical (unpaired) electrons. The first-order chi connectivity index (χ1) is 16.4. The molecule has 2 aliphatic heterocycles. The molecule has 1 amide bonds. The van der Waals surface area contributed by atoms with Crippen molar-refractivity contribution in [2.24, 2.45) is 5.92 Å². The predicted molar refractivity (Wildman–Crippen MR) is 127 cm³/mol. The van der Waals surface area contributed by atoms with Gasteiger partial charge in [-0.25, -0.2) is 12.8 Å². The molecule has 0 bridgehead atoms. The maximum Gasteiger partial charge on any atom is 0.243 e. The first-order valence-corrected chi connectivity index (χ1v) is 13.3. The summed E-state index contributed by atoms with van der Waals surface area (Å²) < 4.78 is 45.5. The lowest BCUT2D eigenvalue weighted by Gasteiger charge is -2.32. The molecule has 2 heterocycles. The van der Waals surface area contributed by atoms with Gasteiger partial charge < -0.3 is 10.1 Å². The maximum absolute atomic E-state index is 13.1. The minimum atomic E-state index is -3.43. The third-order valence-corrected chi connectivity index (χ3v) is 8.31. The average molecular weight is 490 g/mol. The molecule has 9 heteroatoms. The Morgan fingerprint density at radius 3 is 2.41 bits per heavy atom. The summed E-state index contributed by atoms with van der Waals surface area (Å²) in [5.41, 5.74) is 1.04.